The highest BCUT2D eigenvalue weighted by molar-refractivity contribution is 5.79. The molecule has 0 saturated heterocycles. The number of hydrogen-bond acceptors (Lipinski definition) is 1. The topological polar surface area (TPSA) is 37.3 Å². The predicted molar refractivity (Wildman–Crippen MR) is 41.2 cm³/mol. The Hall–Kier alpha value is -0.790. The van der Waals surface area contributed by atoms with E-state index in [1.807, 2.05) is 12.2 Å². The molecule has 11 heavy (non-hydrogen) atoms. The molecule has 0 aromatic carbocycles. The van der Waals surface area contributed by atoms with Crippen molar-refractivity contribution in [3.63, 3.8) is 0 Å². The molecule has 2 unspecified atom stereocenters. The van der Waals surface area contributed by atoms with Gasteiger partial charge in [0.25, 0.3) is 0 Å². The summed E-state index contributed by atoms with van der Waals surface area (Å²) in [5.74, 6) is -0.185. The molecule has 0 radical (unpaired) electrons. The van der Waals surface area contributed by atoms with Gasteiger partial charge in [0.2, 0.25) is 0 Å². The summed E-state index contributed by atoms with van der Waals surface area (Å²) in [4.78, 5) is 10.9. The molecular weight excluding hydrogens is 140 g/mol. The largest absolute Gasteiger partial charge is 0.481 e. The molecule has 0 heterocycles. The van der Waals surface area contributed by atoms with Crippen LogP contribution in [0.1, 0.15) is 25.7 Å². The molecule has 2 nitrogen and oxygen atoms in total. The number of carbonyl (C=O) groups is 1. The summed E-state index contributed by atoms with van der Waals surface area (Å²) in [5, 5.41) is 8.97. The van der Waals surface area contributed by atoms with Crippen molar-refractivity contribution in [3.8, 4) is 0 Å². The minimum Gasteiger partial charge on any atom is -0.481 e. The molecule has 2 atom stereocenters. The first-order valence-electron chi connectivity index (χ1n) is 4.17. The zero-order valence-corrected chi connectivity index (χ0v) is 6.42. The zero-order valence-electron chi connectivity index (χ0n) is 6.42. The van der Waals surface area contributed by atoms with E-state index in [4.69, 9.17) is 5.11 Å². The fourth-order valence-electron chi connectivity index (χ4n) is 2.22. The van der Waals surface area contributed by atoms with E-state index in [9.17, 15) is 4.79 Å². The van der Waals surface area contributed by atoms with Gasteiger partial charge < -0.3 is 5.11 Å². The van der Waals surface area contributed by atoms with Gasteiger partial charge in [-0.25, -0.2) is 0 Å². The third-order valence-corrected chi connectivity index (χ3v) is 3.13. The molecule has 0 aromatic rings. The maximum absolute atomic E-state index is 10.9. The van der Waals surface area contributed by atoms with Crippen molar-refractivity contribution in [3.05, 3.63) is 12.2 Å². The minimum absolute atomic E-state index is 0.435. The average molecular weight is 152 g/mol. The molecule has 0 aromatic heterocycles. The number of fused-ring (bicyclic) bond motifs is 1. The predicted octanol–water partition coefficient (Wildman–Crippen LogP) is 1.82. The van der Waals surface area contributed by atoms with Crippen LogP contribution in [0.25, 0.3) is 0 Å². The van der Waals surface area contributed by atoms with E-state index in [2.05, 4.69) is 0 Å². The molecule has 60 valence electrons. The first-order chi connectivity index (χ1) is 5.26. The van der Waals surface area contributed by atoms with Crippen LogP contribution in [0.15, 0.2) is 12.2 Å². The number of allylic oxidation sites excluding steroid dienone is 1. The summed E-state index contributed by atoms with van der Waals surface area (Å²) < 4.78 is 0. The quantitative estimate of drug-likeness (QED) is 0.582. The monoisotopic (exact) mass is 152 g/mol. The van der Waals surface area contributed by atoms with Gasteiger partial charge in [-0.3, -0.25) is 4.79 Å². The minimum atomic E-state index is -0.621. The SMILES string of the molecule is O=C(O)C12C=CCCC1CC2. The van der Waals surface area contributed by atoms with Crippen LogP contribution < -0.4 is 0 Å². The lowest BCUT2D eigenvalue weighted by molar-refractivity contribution is -0.156. The van der Waals surface area contributed by atoms with Gasteiger partial charge in [0.05, 0.1) is 5.41 Å². The van der Waals surface area contributed by atoms with Gasteiger partial charge in [0.1, 0.15) is 0 Å². The van der Waals surface area contributed by atoms with Gasteiger partial charge in [0, 0.05) is 0 Å². The van der Waals surface area contributed by atoms with Crippen molar-refractivity contribution in [1.29, 1.82) is 0 Å². The molecule has 0 amide bonds. The third kappa shape index (κ3) is 0.753. The Labute approximate surface area is 65.9 Å². The molecule has 0 bridgehead atoms. The number of carboxylic acids is 1. The molecule has 2 aliphatic rings. The summed E-state index contributed by atoms with van der Waals surface area (Å²) in [6.07, 6.45) is 8.03. The Kier molecular flexibility index (Phi) is 1.31. The van der Waals surface area contributed by atoms with E-state index in [1.165, 1.54) is 0 Å². The van der Waals surface area contributed by atoms with Crippen molar-refractivity contribution < 1.29 is 9.90 Å². The lowest BCUT2D eigenvalue weighted by Crippen LogP contribution is -2.46. The van der Waals surface area contributed by atoms with Crippen molar-refractivity contribution in [2.45, 2.75) is 25.7 Å². The van der Waals surface area contributed by atoms with E-state index in [0.717, 1.165) is 25.7 Å². The van der Waals surface area contributed by atoms with Crippen LogP contribution in [0.5, 0.6) is 0 Å². The molecule has 1 saturated carbocycles. The molecule has 2 rings (SSSR count). The molecule has 0 spiro atoms. The first kappa shape index (κ1) is 6.89. The van der Waals surface area contributed by atoms with Crippen LogP contribution in [0.3, 0.4) is 0 Å². The summed E-state index contributed by atoms with van der Waals surface area (Å²) >= 11 is 0. The van der Waals surface area contributed by atoms with Crippen LogP contribution in [0.4, 0.5) is 0 Å². The molecule has 0 aliphatic heterocycles. The summed E-state index contributed by atoms with van der Waals surface area (Å²) in [6, 6.07) is 0. The normalized spacial score (nSPS) is 40.9. The lowest BCUT2D eigenvalue weighted by atomic mass is 9.56. The lowest BCUT2D eigenvalue weighted by Gasteiger charge is -2.46. The summed E-state index contributed by atoms with van der Waals surface area (Å²) in [5.41, 5.74) is -0.446. The Morgan fingerprint density at radius 1 is 1.55 bits per heavy atom. The Bertz CT molecular complexity index is 220. The number of carboxylic acid groups (broad SMARTS) is 1. The van der Waals surface area contributed by atoms with E-state index in [1.54, 1.807) is 0 Å². The number of rotatable bonds is 1. The molecule has 1 fully saturated rings. The highest BCUT2D eigenvalue weighted by Crippen LogP contribution is 2.52. The molecule has 2 aliphatic carbocycles. The smallest absolute Gasteiger partial charge is 0.313 e. The van der Waals surface area contributed by atoms with E-state index < -0.39 is 11.4 Å². The van der Waals surface area contributed by atoms with Crippen LogP contribution in [-0.4, -0.2) is 11.1 Å². The van der Waals surface area contributed by atoms with E-state index >= 15 is 0 Å². The summed E-state index contributed by atoms with van der Waals surface area (Å²) in [7, 11) is 0. The van der Waals surface area contributed by atoms with Gasteiger partial charge in [-0.2, -0.15) is 0 Å². The van der Waals surface area contributed by atoms with Crippen molar-refractivity contribution >= 4 is 5.97 Å². The Morgan fingerprint density at radius 3 is 2.73 bits per heavy atom. The maximum atomic E-state index is 10.9. The van der Waals surface area contributed by atoms with Crippen molar-refractivity contribution in [2.75, 3.05) is 0 Å². The number of hydrogen-bond donors (Lipinski definition) is 1. The van der Waals surface area contributed by atoms with Crippen molar-refractivity contribution in [1.82, 2.24) is 0 Å². The van der Waals surface area contributed by atoms with Crippen LogP contribution >= 0.6 is 0 Å². The van der Waals surface area contributed by atoms with E-state index in [-0.39, 0.29) is 0 Å². The van der Waals surface area contributed by atoms with Crippen LogP contribution in [0, 0.1) is 11.3 Å². The number of aliphatic carboxylic acids is 1. The average Bonchev–Trinajstić information content (AvgIpc) is 1.91. The standard InChI is InChI=1S/C9H12O2/c10-8(11)9-5-2-1-3-7(9)4-6-9/h2,5,7H,1,3-4,6H2,(H,10,11). The van der Waals surface area contributed by atoms with Gasteiger partial charge >= 0.3 is 5.97 Å². The summed E-state index contributed by atoms with van der Waals surface area (Å²) in [6.45, 7) is 0. The Morgan fingerprint density at radius 2 is 2.36 bits per heavy atom. The van der Waals surface area contributed by atoms with E-state index in [0.29, 0.717) is 5.92 Å². The fourth-order valence-corrected chi connectivity index (χ4v) is 2.22. The fraction of sp³-hybridized carbons (Fsp3) is 0.667. The second kappa shape index (κ2) is 2.10. The van der Waals surface area contributed by atoms with Gasteiger partial charge in [-0.05, 0) is 31.6 Å². The molecule has 2 heteroatoms. The highest BCUT2D eigenvalue weighted by Gasteiger charge is 2.51. The molecule has 1 N–H and O–H groups in total. The van der Waals surface area contributed by atoms with Crippen LogP contribution in [-0.2, 0) is 4.79 Å². The van der Waals surface area contributed by atoms with Gasteiger partial charge in [0.15, 0.2) is 0 Å². The van der Waals surface area contributed by atoms with Crippen molar-refractivity contribution in [2.24, 2.45) is 11.3 Å². The second-order valence-electron chi connectivity index (χ2n) is 3.56. The second-order valence-corrected chi connectivity index (χ2v) is 3.56. The maximum Gasteiger partial charge on any atom is 0.313 e. The zero-order chi connectivity index (χ0) is 7.90. The molecular formula is C9H12O2. The van der Waals surface area contributed by atoms with Crippen LogP contribution in [0.2, 0.25) is 0 Å². The third-order valence-electron chi connectivity index (χ3n) is 3.13. The Balaban J connectivity index is 2.28. The van der Waals surface area contributed by atoms with Gasteiger partial charge in [-0.1, -0.05) is 12.2 Å². The van der Waals surface area contributed by atoms with Gasteiger partial charge in [-0.15, -0.1) is 0 Å². The first-order valence-corrected chi connectivity index (χ1v) is 4.17. The highest BCUT2D eigenvalue weighted by atomic mass is 16.4.